The molecular weight excluding hydrogens is 226 g/mol. The molecule has 0 aromatic heterocycles. The summed E-state index contributed by atoms with van der Waals surface area (Å²) in [5.41, 5.74) is 8.20. The molecule has 1 rings (SSSR count). The van der Waals surface area contributed by atoms with Crippen molar-refractivity contribution in [2.75, 3.05) is 7.11 Å². The van der Waals surface area contributed by atoms with Crippen molar-refractivity contribution in [3.63, 3.8) is 0 Å². The van der Waals surface area contributed by atoms with Crippen LogP contribution in [0.4, 0.5) is 0 Å². The van der Waals surface area contributed by atoms with E-state index in [1.54, 1.807) is 7.11 Å². The molecule has 0 fully saturated rings. The summed E-state index contributed by atoms with van der Waals surface area (Å²) in [6.07, 6.45) is 0.989. The van der Waals surface area contributed by atoms with Crippen molar-refractivity contribution in [2.45, 2.75) is 51.7 Å². The van der Waals surface area contributed by atoms with E-state index in [2.05, 4.69) is 19.9 Å². The normalized spacial score (nSPS) is 16.1. The van der Waals surface area contributed by atoms with E-state index in [9.17, 15) is 5.11 Å². The fourth-order valence-corrected chi connectivity index (χ4v) is 2.17. The van der Waals surface area contributed by atoms with Gasteiger partial charge in [0.2, 0.25) is 0 Å². The van der Waals surface area contributed by atoms with Gasteiger partial charge < -0.3 is 15.6 Å². The molecule has 0 bridgehead atoms. The number of nitrogens with two attached hydrogens (primary N) is 1. The second-order valence-electron chi connectivity index (χ2n) is 5.02. The van der Waals surface area contributed by atoms with Gasteiger partial charge in [0, 0.05) is 6.04 Å². The van der Waals surface area contributed by atoms with E-state index in [0.717, 1.165) is 17.7 Å². The maximum atomic E-state index is 10.0. The highest BCUT2D eigenvalue weighted by Crippen LogP contribution is 2.30. The molecule has 3 atom stereocenters. The lowest BCUT2D eigenvalue weighted by atomic mass is 9.90. The smallest absolute Gasteiger partial charge is 0.122 e. The minimum absolute atomic E-state index is 0.150. The predicted octanol–water partition coefficient (Wildman–Crippen LogP) is 2.60. The molecule has 0 aliphatic rings. The quantitative estimate of drug-likeness (QED) is 0.817. The molecule has 3 N–H and O–H groups in total. The number of benzene rings is 1. The van der Waals surface area contributed by atoms with Crippen molar-refractivity contribution in [3.8, 4) is 5.75 Å². The lowest BCUT2D eigenvalue weighted by Gasteiger charge is -2.22. The van der Waals surface area contributed by atoms with E-state index in [-0.39, 0.29) is 12.0 Å². The number of aliphatic hydroxyl groups excluding tert-OH is 1. The fourth-order valence-electron chi connectivity index (χ4n) is 2.17. The first-order valence-electron chi connectivity index (χ1n) is 6.57. The Bertz CT molecular complexity index is 379. The van der Waals surface area contributed by atoms with Crippen LogP contribution in [0.2, 0.25) is 0 Å². The molecule has 0 aliphatic heterocycles. The monoisotopic (exact) mass is 251 g/mol. The van der Waals surface area contributed by atoms with E-state index in [4.69, 9.17) is 10.5 Å². The summed E-state index contributed by atoms with van der Waals surface area (Å²) < 4.78 is 5.38. The lowest BCUT2D eigenvalue weighted by molar-refractivity contribution is 0.126. The van der Waals surface area contributed by atoms with Crippen LogP contribution in [0, 0.1) is 6.92 Å². The SMILES string of the molecule is CCC(N)C(O)CC(C)c1cc(C)ccc1OC. The molecule has 0 heterocycles. The number of aryl methyl sites for hydroxylation is 1. The Balaban J connectivity index is 2.83. The first kappa shape index (κ1) is 15.0. The first-order valence-corrected chi connectivity index (χ1v) is 6.57. The van der Waals surface area contributed by atoms with E-state index in [0.29, 0.717) is 6.42 Å². The molecule has 18 heavy (non-hydrogen) atoms. The fraction of sp³-hybridized carbons (Fsp3) is 0.600. The van der Waals surface area contributed by atoms with Crippen LogP contribution in [0.25, 0.3) is 0 Å². The van der Waals surface area contributed by atoms with Gasteiger partial charge in [-0.2, -0.15) is 0 Å². The first-order chi connectivity index (χ1) is 8.49. The zero-order valence-electron chi connectivity index (χ0n) is 11.8. The van der Waals surface area contributed by atoms with Gasteiger partial charge in [0.05, 0.1) is 13.2 Å². The molecule has 0 aliphatic carbocycles. The molecule has 3 nitrogen and oxygen atoms in total. The van der Waals surface area contributed by atoms with E-state index in [1.807, 2.05) is 19.1 Å². The number of methoxy groups -OCH3 is 1. The second kappa shape index (κ2) is 6.76. The Morgan fingerprint density at radius 1 is 1.39 bits per heavy atom. The summed E-state index contributed by atoms with van der Waals surface area (Å²) in [6.45, 7) is 6.15. The zero-order chi connectivity index (χ0) is 13.7. The summed E-state index contributed by atoms with van der Waals surface area (Å²) >= 11 is 0. The molecule has 0 radical (unpaired) electrons. The largest absolute Gasteiger partial charge is 0.496 e. The highest BCUT2D eigenvalue weighted by molar-refractivity contribution is 5.39. The molecule has 0 saturated carbocycles. The topological polar surface area (TPSA) is 55.5 Å². The van der Waals surface area contributed by atoms with E-state index >= 15 is 0 Å². The molecule has 1 aromatic carbocycles. The van der Waals surface area contributed by atoms with Crippen LogP contribution in [-0.4, -0.2) is 24.4 Å². The molecule has 1 aromatic rings. The van der Waals surface area contributed by atoms with Crippen LogP contribution in [0.1, 0.15) is 43.7 Å². The van der Waals surface area contributed by atoms with E-state index in [1.165, 1.54) is 5.56 Å². The average molecular weight is 251 g/mol. The van der Waals surface area contributed by atoms with Gasteiger partial charge in [-0.05, 0) is 37.3 Å². The van der Waals surface area contributed by atoms with Crippen LogP contribution in [0.3, 0.4) is 0 Å². The van der Waals surface area contributed by atoms with Gasteiger partial charge in [-0.25, -0.2) is 0 Å². The number of hydrogen-bond donors (Lipinski definition) is 2. The summed E-state index contributed by atoms with van der Waals surface area (Å²) in [4.78, 5) is 0. The highest BCUT2D eigenvalue weighted by Gasteiger charge is 2.19. The minimum Gasteiger partial charge on any atom is -0.496 e. The summed E-state index contributed by atoms with van der Waals surface area (Å²) in [6, 6.07) is 5.98. The van der Waals surface area contributed by atoms with Gasteiger partial charge in [-0.15, -0.1) is 0 Å². The van der Waals surface area contributed by atoms with Crippen molar-refractivity contribution < 1.29 is 9.84 Å². The maximum Gasteiger partial charge on any atom is 0.122 e. The van der Waals surface area contributed by atoms with Gasteiger partial charge >= 0.3 is 0 Å². The third-order valence-electron chi connectivity index (χ3n) is 3.48. The molecule has 3 heteroatoms. The Morgan fingerprint density at radius 2 is 2.06 bits per heavy atom. The predicted molar refractivity (Wildman–Crippen MR) is 75.0 cm³/mol. The van der Waals surface area contributed by atoms with Crippen molar-refractivity contribution in [1.29, 1.82) is 0 Å². The molecule has 0 spiro atoms. The Morgan fingerprint density at radius 3 is 2.61 bits per heavy atom. The van der Waals surface area contributed by atoms with Crippen LogP contribution in [0.5, 0.6) is 5.75 Å². The van der Waals surface area contributed by atoms with Gasteiger partial charge in [-0.1, -0.05) is 31.5 Å². The van der Waals surface area contributed by atoms with Crippen LogP contribution in [-0.2, 0) is 0 Å². The Hall–Kier alpha value is -1.06. The second-order valence-corrected chi connectivity index (χ2v) is 5.02. The lowest BCUT2D eigenvalue weighted by Crippen LogP contribution is -2.34. The van der Waals surface area contributed by atoms with Gasteiger partial charge in [-0.3, -0.25) is 0 Å². The van der Waals surface area contributed by atoms with Gasteiger partial charge in [0.25, 0.3) is 0 Å². The van der Waals surface area contributed by atoms with Crippen LogP contribution in [0.15, 0.2) is 18.2 Å². The maximum absolute atomic E-state index is 10.0. The van der Waals surface area contributed by atoms with E-state index < -0.39 is 6.10 Å². The molecule has 0 saturated heterocycles. The van der Waals surface area contributed by atoms with Crippen molar-refractivity contribution in [2.24, 2.45) is 5.73 Å². The Labute approximate surface area is 110 Å². The zero-order valence-corrected chi connectivity index (χ0v) is 11.8. The number of aliphatic hydroxyl groups is 1. The van der Waals surface area contributed by atoms with Crippen LogP contribution < -0.4 is 10.5 Å². The number of rotatable bonds is 6. The highest BCUT2D eigenvalue weighted by atomic mass is 16.5. The van der Waals surface area contributed by atoms with Gasteiger partial charge in [0.15, 0.2) is 0 Å². The average Bonchev–Trinajstić information content (AvgIpc) is 2.37. The third-order valence-corrected chi connectivity index (χ3v) is 3.48. The summed E-state index contributed by atoms with van der Waals surface area (Å²) in [5.74, 6) is 1.11. The number of ether oxygens (including phenoxy) is 1. The summed E-state index contributed by atoms with van der Waals surface area (Å²) in [7, 11) is 1.68. The van der Waals surface area contributed by atoms with Crippen molar-refractivity contribution in [1.82, 2.24) is 0 Å². The van der Waals surface area contributed by atoms with Crippen LogP contribution >= 0.6 is 0 Å². The molecular formula is C15H25NO2. The minimum atomic E-state index is -0.463. The molecule has 0 amide bonds. The van der Waals surface area contributed by atoms with Crippen molar-refractivity contribution >= 4 is 0 Å². The standard InChI is InChI=1S/C15H25NO2/c1-5-13(16)14(17)9-11(3)12-8-10(2)6-7-15(12)18-4/h6-8,11,13-14,17H,5,9,16H2,1-4H3. The third kappa shape index (κ3) is 3.72. The van der Waals surface area contributed by atoms with Gasteiger partial charge in [0.1, 0.15) is 5.75 Å². The van der Waals surface area contributed by atoms with Crippen molar-refractivity contribution in [3.05, 3.63) is 29.3 Å². The Kier molecular flexibility index (Phi) is 5.63. The summed E-state index contributed by atoms with van der Waals surface area (Å²) in [5, 5.41) is 10.0. The number of hydrogen-bond acceptors (Lipinski definition) is 3. The molecule has 3 unspecified atom stereocenters. The molecule has 102 valence electrons.